The first-order valence-electron chi connectivity index (χ1n) is 7.13. The molecule has 0 amide bonds. The van der Waals surface area contributed by atoms with E-state index in [1.165, 1.54) is 9.75 Å². The molecule has 0 radical (unpaired) electrons. The molecule has 1 N–H and O–H groups in total. The van der Waals surface area contributed by atoms with Gasteiger partial charge in [-0.3, -0.25) is 0 Å². The van der Waals surface area contributed by atoms with Crippen LogP contribution in [0.5, 0.6) is 0 Å². The van der Waals surface area contributed by atoms with Crippen molar-refractivity contribution >= 4 is 27.8 Å². The topological polar surface area (TPSA) is 28.2 Å². The first kappa shape index (κ1) is 15.5. The zero-order chi connectivity index (χ0) is 14.5. The van der Waals surface area contributed by atoms with Gasteiger partial charge in [0.05, 0.1) is 12.2 Å². The predicted molar refractivity (Wildman–Crippen MR) is 90.0 cm³/mol. The fourth-order valence-electron chi connectivity index (χ4n) is 2.23. The van der Waals surface area contributed by atoms with E-state index in [2.05, 4.69) is 55.4 Å². The molecular weight excluding hydrogens is 286 g/mol. The van der Waals surface area contributed by atoms with Crippen LogP contribution in [-0.4, -0.2) is 18.1 Å². The van der Waals surface area contributed by atoms with E-state index in [-0.39, 0.29) is 0 Å². The molecule has 0 aliphatic rings. The summed E-state index contributed by atoms with van der Waals surface area (Å²) in [5, 5.41) is 6.74. The molecule has 2 heterocycles. The molecule has 0 saturated carbocycles. The molecule has 3 nitrogen and oxygen atoms in total. The van der Waals surface area contributed by atoms with Crippen molar-refractivity contribution in [3.8, 4) is 0 Å². The molecule has 0 spiro atoms. The van der Waals surface area contributed by atoms with E-state index in [0.29, 0.717) is 6.04 Å². The lowest BCUT2D eigenvalue weighted by Gasteiger charge is -2.18. The maximum Gasteiger partial charge on any atom is 0.186 e. The smallest absolute Gasteiger partial charge is 0.186 e. The Labute approximate surface area is 129 Å². The second kappa shape index (κ2) is 7.20. The number of anilines is 1. The largest absolute Gasteiger partial charge is 0.343 e. The number of hydrogen-bond acceptors (Lipinski definition) is 5. The molecule has 110 valence electrons. The molecule has 2 aromatic rings. The molecule has 0 saturated heterocycles. The number of hydrogen-bond donors (Lipinski definition) is 1. The van der Waals surface area contributed by atoms with Crippen molar-refractivity contribution in [1.29, 1.82) is 0 Å². The third-order valence-corrected chi connectivity index (χ3v) is 5.57. The van der Waals surface area contributed by atoms with Crippen LogP contribution >= 0.6 is 22.7 Å². The summed E-state index contributed by atoms with van der Waals surface area (Å²) in [6.45, 7) is 11.6. The minimum Gasteiger partial charge on any atom is -0.343 e. The van der Waals surface area contributed by atoms with Gasteiger partial charge in [-0.15, -0.1) is 22.7 Å². The van der Waals surface area contributed by atoms with Crippen molar-refractivity contribution in [3.05, 3.63) is 33.0 Å². The molecule has 2 aromatic heterocycles. The molecule has 0 fully saturated rings. The number of thiazole rings is 1. The van der Waals surface area contributed by atoms with Crippen LogP contribution < -0.4 is 10.2 Å². The molecule has 5 heteroatoms. The van der Waals surface area contributed by atoms with E-state index in [9.17, 15) is 0 Å². The summed E-state index contributed by atoms with van der Waals surface area (Å²) in [5.74, 6) is 0. The Balaban J connectivity index is 2.16. The summed E-state index contributed by atoms with van der Waals surface area (Å²) < 4.78 is 0. The highest BCUT2D eigenvalue weighted by molar-refractivity contribution is 7.15. The lowest BCUT2D eigenvalue weighted by atomic mass is 10.2. The predicted octanol–water partition coefficient (Wildman–Crippen LogP) is 4.21. The van der Waals surface area contributed by atoms with Gasteiger partial charge in [0.25, 0.3) is 0 Å². The Morgan fingerprint density at radius 3 is 2.80 bits per heavy atom. The molecule has 0 aromatic carbocycles. The first-order valence-corrected chi connectivity index (χ1v) is 8.83. The van der Waals surface area contributed by atoms with E-state index in [1.807, 2.05) is 22.7 Å². The van der Waals surface area contributed by atoms with Gasteiger partial charge in [-0.25, -0.2) is 4.98 Å². The quantitative estimate of drug-likeness (QED) is 0.830. The fourth-order valence-corrected chi connectivity index (χ4v) is 4.11. The second-order valence-electron chi connectivity index (χ2n) is 4.82. The molecule has 0 aliphatic heterocycles. The highest BCUT2D eigenvalue weighted by atomic mass is 32.1. The molecule has 1 atom stereocenters. The number of aryl methyl sites for hydroxylation is 1. The zero-order valence-corrected chi connectivity index (χ0v) is 14.3. The van der Waals surface area contributed by atoms with Crippen molar-refractivity contribution in [1.82, 2.24) is 10.3 Å². The van der Waals surface area contributed by atoms with Crippen LogP contribution in [0.4, 0.5) is 5.13 Å². The second-order valence-corrected chi connectivity index (χ2v) is 6.86. The maximum atomic E-state index is 4.77. The van der Waals surface area contributed by atoms with E-state index in [4.69, 9.17) is 4.98 Å². The summed E-state index contributed by atoms with van der Waals surface area (Å²) in [4.78, 5) is 9.87. The normalized spacial score (nSPS) is 12.6. The average Bonchev–Trinajstić information content (AvgIpc) is 3.05. The van der Waals surface area contributed by atoms with Gasteiger partial charge < -0.3 is 10.2 Å². The van der Waals surface area contributed by atoms with E-state index in [0.717, 1.165) is 30.5 Å². The van der Waals surface area contributed by atoms with E-state index >= 15 is 0 Å². The van der Waals surface area contributed by atoms with Crippen molar-refractivity contribution in [2.24, 2.45) is 0 Å². The lowest BCUT2D eigenvalue weighted by Crippen LogP contribution is -2.21. The number of thiophene rings is 1. The highest BCUT2D eigenvalue weighted by Crippen LogP contribution is 2.31. The Morgan fingerprint density at radius 1 is 1.40 bits per heavy atom. The standard InChI is InChI=1S/C15H23N3S2/c1-5-16-11(3)14-12(4)17-15(20-14)18(6-2)10-13-8-7-9-19-13/h7-9,11,16H,5-6,10H2,1-4H3. The van der Waals surface area contributed by atoms with Crippen LogP contribution in [0.3, 0.4) is 0 Å². The molecule has 1 unspecified atom stereocenters. The fraction of sp³-hybridized carbons (Fsp3) is 0.533. The minimum atomic E-state index is 0.381. The molecule has 20 heavy (non-hydrogen) atoms. The van der Waals surface area contributed by atoms with Gasteiger partial charge in [-0.2, -0.15) is 0 Å². The lowest BCUT2D eigenvalue weighted by molar-refractivity contribution is 0.603. The number of rotatable bonds is 7. The van der Waals surface area contributed by atoms with Gasteiger partial charge in [-0.1, -0.05) is 13.0 Å². The van der Waals surface area contributed by atoms with Crippen LogP contribution in [0, 0.1) is 6.92 Å². The van der Waals surface area contributed by atoms with E-state index in [1.54, 1.807) is 0 Å². The van der Waals surface area contributed by atoms with Crippen molar-refractivity contribution in [3.63, 3.8) is 0 Å². The molecule has 0 bridgehead atoms. The number of aromatic nitrogens is 1. The Bertz CT molecular complexity index is 519. The van der Waals surface area contributed by atoms with Crippen molar-refractivity contribution in [2.45, 2.75) is 40.3 Å². The van der Waals surface area contributed by atoms with Crippen LogP contribution in [-0.2, 0) is 6.54 Å². The van der Waals surface area contributed by atoms with Crippen LogP contribution in [0.1, 0.15) is 42.3 Å². The summed E-state index contributed by atoms with van der Waals surface area (Å²) in [5.41, 5.74) is 1.16. The van der Waals surface area contributed by atoms with Crippen LogP contribution in [0.15, 0.2) is 17.5 Å². The third kappa shape index (κ3) is 3.59. The Morgan fingerprint density at radius 2 is 2.20 bits per heavy atom. The summed E-state index contributed by atoms with van der Waals surface area (Å²) >= 11 is 3.63. The van der Waals surface area contributed by atoms with Gasteiger partial charge in [0.2, 0.25) is 0 Å². The van der Waals surface area contributed by atoms with Crippen LogP contribution in [0.25, 0.3) is 0 Å². The van der Waals surface area contributed by atoms with E-state index < -0.39 is 0 Å². The van der Waals surface area contributed by atoms with Crippen molar-refractivity contribution in [2.75, 3.05) is 18.0 Å². The first-order chi connectivity index (χ1) is 9.65. The highest BCUT2D eigenvalue weighted by Gasteiger charge is 2.17. The zero-order valence-electron chi connectivity index (χ0n) is 12.6. The molecule has 0 aliphatic carbocycles. The summed E-state index contributed by atoms with van der Waals surface area (Å²) in [6, 6.07) is 4.68. The summed E-state index contributed by atoms with van der Waals surface area (Å²) in [6.07, 6.45) is 0. The van der Waals surface area contributed by atoms with Crippen LogP contribution in [0.2, 0.25) is 0 Å². The monoisotopic (exact) mass is 309 g/mol. The Kier molecular flexibility index (Phi) is 5.57. The SMILES string of the molecule is CCNC(C)c1sc(N(CC)Cc2cccs2)nc1C. The van der Waals surface area contributed by atoms with Gasteiger partial charge in [0.1, 0.15) is 0 Å². The van der Waals surface area contributed by atoms with Gasteiger partial charge in [0, 0.05) is 22.3 Å². The summed E-state index contributed by atoms with van der Waals surface area (Å²) in [7, 11) is 0. The maximum absolute atomic E-state index is 4.77. The average molecular weight is 310 g/mol. The van der Waals surface area contributed by atoms with Crippen molar-refractivity contribution < 1.29 is 0 Å². The van der Waals surface area contributed by atoms with Gasteiger partial charge in [0.15, 0.2) is 5.13 Å². The number of nitrogens with zero attached hydrogens (tertiary/aromatic N) is 2. The third-order valence-electron chi connectivity index (χ3n) is 3.30. The van der Waals surface area contributed by atoms with Gasteiger partial charge in [-0.05, 0) is 38.8 Å². The Hall–Kier alpha value is -0.910. The number of nitrogens with one attached hydrogen (secondary N) is 1. The molecular formula is C15H23N3S2. The minimum absolute atomic E-state index is 0.381. The molecule has 2 rings (SSSR count). The van der Waals surface area contributed by atoms with Gasteiger partial charge >= 0.3 is 0 Å².